The zero-order valence-corrected chi connectivity index (χ0v) is 12.1. The Bertz CT molecular complexity index is 493. The van der Waals surface area contributed by atoms with Crippen LogP contribution in [0.4, 0.5) is 5.69 Å². The molecule has 1 aliphatic carbocycles. The number of hydrogen-bond acceptors (Lipinski definition) is 2. The lowest BCUT2D eigenvalue weighted by molar-refractivity contribution is -0.125. The molecule has 0 aliphatic heterocycles. The van der Waals surface area contributed by atoms with Gasteiger partial charge in [0.25, 0.3) is 0 Å². The maximum Gasteiger partial charge on any atom is 0.223 e. The first-order chi connectivity index (χ1) is 9.56. The summed E-state index contributed by atoms with van der Waals surface area (Å²) in [5, 5.41) is 5.82. The van der Waals surface area contributed by atoms with Crippen molar-refractivity contribution in [1.29, 1.82) is 0 Å². The van der Waals surface area contributed by atoms with Crippen LogP contribution in [0.5, 0.6) is 0 Å². The second-order valence-electron chi connectivity index (χ2n) is 5.52. The third-order valence-corrected chi connectivity index (χ3v) is 3.79. The van der Waals surface area contributed by atoms with Gasteiger partial charge in [0.2, 0.25) is 11.8 Å². The Morgan fingerprint density at radius 2 is 1.95 bits per heavy atom. The highest BCUT2D eigenvalue weighted by molar-refractivity contribution is 5.88. The Labute approximate surface area is 119 Å². The van der Waals surface area contributed by atoms with E-state index in [1.54, 1.807) is 0 Å². The summed E-state index contributed by atoms with van der Waals surface area (Å²) in [5.41, 5.74) is 1.76. The normalized spacial score (nSPS) is 16.7. The van der Waals surface area contributed by atoms with Crippen LogP contribution in [0.3, 0.4) is 0 Å². The van der Waals surface area contributed by atoms with Gasteiger partial charge in [-0.2, -0.15) is 0 Å². The zero-order chi connectivity index (χ0) is 14.5. The standard InChI is InChI=1S/C16H22N2O2/c1-11(17-16(20)13-6-3-4-7-13)14-8-5-9-15(10-14)18-12(2)19/h5,8-11,13H,3-4,6-7H2,1-2H3,(H,17,20)(H,18,19). The number of carbonyl (C=O) groups excluding carboxylic acids is 2. The van der Waals surface area contributed by atoms with E-state index in [9.17, 15) is 9.59 Å². The summed E-state index contributed by atoms with van der Waals surface area (Å²) < 4.78 is 0. The van der Waals surface area contributed by atoms with Crippen LogP contribution in [0.2, 0.25) is 0 Å². The predicted octanol–water partition coefficient (Wildman–Crippen LogP) is 3.01. The fourth-order valence-electron chi connectivity index (χ4n) is 2.69. The number of amides is 2. The Hall–Kier alpha value is -1.84. The van der Waals surface area contributed by atoms with Crippen LogP contribution in [0, 0.1) is 5.92 Å². The molecule has 0 aromatic heterocycles. The summed E-state index contributed by atoms with van der Waals surface area (Å²) in [5.74, 6) is 0.237. The number of nitrogens with one attached hydrogen (secondary N) is 2. The Balaban J connectivity index is 1.99. The molecule has 0 bridgehead atoms. The van der Waals surface area contributed by atoms with E-state index in [1.807, 2.05) is 31.2 Å². The lowest BCUT2D eigenvalue weighted by Gasteiger charge is -2.18. The molecule has 1 atom stereocenters. The van der Waals surface area contributed by atoms with E-state index in [4.69, 9.17) is 0 Å². The molecule has 1 aromatic carbocycles. The van der Waals surface area contributed by atoms with Gasteiger partial charge in [0.15, 0.2) is 0 Å². The molecule has 1 aromatic rings. The van der Waals surface area contributed by atoms with Gasteiger partial charge in [0.1, 0.15) is 0 Å². The molecule has 0 saturated heterocycles. The van der Waals surface area contributed by atoms with Crippen molar-refractivity contribution in [3.05, 3.63) is 29.8 Å². The lowest BCUT2D eigenvalue weighted by Crippen LogP contribution is -2.31. The van der Waals surface area contributed by atoms with Crippen LogP contribution < -0.4 is 10.6 Å². The number of carbonyl (C=O) groups is 2. The van der Waals surface area contributed by atoms with Gasteiger partial charge < -0.3 is 10.6 Å². The van der Waals surface area contributed by atoms with Crippen LogP contribution in [-0.2, 0) is 9.59 Å². The molecule has 2 amide bonds. The molecule has 20 heavy (non-hydrogen) atoms. The third kappa shape index (κ3) is 3.83. The molecule has 1 saturated carbocycles. The fourth-order valence-corrected chi connectivity index (χ4v) is 2.69. The van der Waals surface area contributed by atoms with Crippen LogP contribution in [-0.4, -0.2) is 11.8 Å². The first kappa shape index (κ1) is 14.6. The van der Waals surface area contributed by atoms with Crippen molar-refractivity contribution in [2.75, 3.05) is 5.32 Å². The molecular formula is C16H22N2O2. The molecule has 0 heterocycles. The van der Waals surface area contributed by atoms with E-state index in [1.165, 1.54) is 6.92 Å². The average molecular weight is 274 g/mol. The smallest absolute Gasteiger partial charge is 0.223 e. The number of benzene rings is 1. The summed E-state index contributed by atoms with van der Waals surface area (Å²) in [6.45, 7) is 3.46. The summed E-state index contributed by atoms with van der Waals surface area (Å²) in [7, 11) is 0. The molecule has 2 N–H and O–H groups in total. The quantitative estimate of drug-likeness (QED) is 0.886. The number of rotatable bonds is 4. The van der Waals surface area contributed by atoms with Crippen molar-refractivity contribution in [1.82, 2.24) is 5.32 Å². The highest BCUT2D eigenvalue weighted by Gasteiger charge is 2.23. The molecule has 4 heteroatoms. The van der Waals surface area contributed by atoms with Gasteiger partial charge in [0.05, 0.1) is 6.04 Å². The molecule has 1 unspecified atom stereocenters. The average Bonchev–Trinajstić information content (AvgIpc) is 2.92. The van der Waals surface area contributed by atoms with Gasteiger partial charge in [-0.1, -0.05) is 25.0 Å². The summed E-state index contributed by atoms with van der Waals surface area (Å²) in [6.07, 6.45) is 4.32. The van der Waals surface area contributed by atoms with Crippen molar-refractivity contribution < 1.29 is 9.59 Å². The first-order valence-electron chi connectivity index (χ1n) is 7.24. The summed E-state index contributed by atoms with van der Waals surface area (Å²) >= 11 is 0. The van der Waals surface area contributed by atoms with E-state index >= 15 is 0 Å². The highest BCUT2D eigenvalue weighted by Crippen LogP contribution is 2.26. The Morgan fingerprint density at radius 3 is 2.60 bits per heavy atom. The molecule has 4 nitrogen and oxygen atoms in total. The minimum Gasteiger partial charge on any atom is -0.349 e. The van der Waals surface area contributed by atoms with Crippen LogP contribution in [0.25, 0.3) is 0 Å². The Morgan fingerprint density at radius 1 is 1.25 bits per heavy atom. The van der Waals surface area contributed by atoms with Crippen LogP contribution in [0.1, 0.15) is 51.1 Å². The van der Waals surface area contributed by atoms with E-state index in [0.717, 1.165) is 36.9 Å². The molecule has 1 aliphatic rings. The van der Waals surface area contributed by atoms with Crippen molar-refractivity contribution in [3.8, 4) is 0 Å². The van der Waals surface area contributed by atoms with Crippen LogP contribution >= 0.6 is 0 Å². The van der Waals surface area contributed by atoms with E-state index in [2.05, 4.69) is 10.6 Å². The zero-order valence-electron chi connectivity index (χ0n) is 12.1. The van der Waals surface area contributed by atoms with Crippen LogP contribution in [0.15, 0.2) is 24.3 Å². The molecule has 2 rings (SSSR count). The van der Waals surface area contributed by atoms with Gasteiger partial charge in [-0.25, -0.2) is 0 Å². The van der Waals surface area contributed by atoms with Gasteiger partial charge in [-0.15, -0.1) is 0 Å². The van der Waals surface area contributed by atoms with Gasteiger partial charge in [-0.3, -0.25) is 9.59 Å². The highest BCUT2D eigenvalue weighted by atomic mass is 16.2. The SMILES string of the molecule is CC(=O)Nc1cccc(C(C)NC(=O)C2CCCC2)c1. The minimum atomic E-state index is -0.0928. The van der Waals surface area contributed by atoms with Gasteiger partial charge in [0, 0.05) is 18.5 Å². The molecule has 0 radical (unpaired) electrons. The van der Waals surface area contributed by atoms with Crippen molar-refractivity contribution in [2.24, 2.45) is 5.92 Å². The Kier molecular flexibility index (Phi) is 4.77. The second-order valence-corrected chi connectivity index (χ2v) is 5.52. The largest absolute Gasteiger partial charge is 0.349 e. The van der Waals surface area contributed by atoms with E-state index < -0.39 is 0 Å². The van der Waals surface area contributed by atoms with Gasteiger partial charge in [-0.05, 0) is 37.5 Å². The monoisotopic (exact) mass is 274 g/mol. The van der Waals surface area contributed by atoms with Crippen molar-refractivity contribution in [3.63, 3.8) is 0 Å². The van der Waals surface area contributed by atoms with Crippen molar-refractivity contribution in [2.45, 2.75) is 45.6 Å². The molecule has 0 spiro atoms. The van der Waals surface area contributed by atoms with E-state index in [0.29, 0.717) is 0 Å². The summed E-state index contributed by atoms with van der Waals surface area (Å²) in [4.78, 5) is 23.2. The number of hydrogen-bond donors (Lipinski definition) is 2. The molecule has 1 fully saturated rings. The maximum absolute atomic E-state index is 12.1. The number of anilines is 1. The molecular weight excluding hydrogens is 252 g/mol. The third-order valence-electron chi connectivity index (χ3n) is 3.79. The fraction of sp³-hybridized carbons (Fsp3) is 0.500. The topological polar surface area (TPSA) is 58.2 Å². The second kappa shape index (κ2) is 6.55. The van der Waals surface area contributed by atoms with Gasteiger partial charge >= 0.3 is 0 Å². The van der Waals surface area contributed by atoms with Crippen molar-refractivity contribution >= 4 is 17.5 Å². The first-order valence-corrected chi connectivity index (χ1v) is 7.24. The van der Waals surface area contributed by atoms with E-state index in [-0.39, 0.29) is 23.8 Å². The maximum atomic E-state index is 12.1. The predicted molar refractivity (Wildman–Crippen MR) is 79.3 cm³/mol. The molecule has 108 valence electrons. The minimum absolute atomic E-state index is 0.0446. The lowest BCUT2D eigenvalue weighted by atomic mass is 10.0. The summed E-state index contributed by atoms with van der Waals surface area (Å²) in [6, 6.07) is 7.55.